The van der Waals surface area contributed by atoms with E-state index < -0.39 is 0 Å². The lowest BCUT2D eigenvalue weighted by Gasteiger charge is -2.23. The molecule has 0 saturated heterocycles. The number of nitrogens with zero attached hydrogens (tertiary/aromatic N) is 2. The summed E-state index contributed by atoms with van der Waals surface area (Å²) in [6.45, 7) is 9.72. The number of rotatable bonds is 6. The first-order valence-electron chi connectivity index (χ1n) is 7.38. The minimum atomic E-state index is 0.367. The van der Waals surface area contributed by atoms with Crippen LogP contribution in [0.2, 0.25) is 0 Å². The molecular formula is C17H25N3. The van der Waals surface area contributed by atoms with Crippen LogP contribution in [0, 0.1) is 5.92 Å². The summed E-state index contributed by atoms with van der Waals surface area (Å²) < 4.78 is 2.22. The average Bonchev–Trinajstić information content (AvgIpc) is 2.88. The molecule has 1 atom stereocenters. The van der Waals surface area contributed by atoms with Crippen molar-refractivity contribution in [2.75, 3.05) is 0 Å². The molecule has 0 fully saturated rings. The molecule has 0 aliphatic heterocycles. The van der Waals surface area contributed by atoms with Gasteiger partial charge in [0.05, 0.1) is 12.0 Å². The largest absolute Gasteiger partial charge is 0.331 e. The van der Waals surface area contributed by atoms with Gasteiger partial charge in [-0.3, -0.25) is 0 Å². The smallest absolute Gasteiger partial charge is 0.0951 e. The van der Waals surface area contributed by atoms with Crippen LogP contribution in [0.1, 0.15) is 51.0 Å². The van der Waals surface area contributed by atoms with E-state index in [2.05, 4.69) is 72.9 Å². The van der Waals surface area contributed by atoms with Gasteiger partial charge in [0.25, 0.3) is 0 Å². The maximum atomic E-state index is 4.26. The highest BCUT2D eigenvalue weighted by molar-refractivity contribution is 5.19. The Morgan fingerprint density at radius 1 is 1.10 bits per heavy atom. The lowest BCUT2D eigenvalue weighted by molar-refractivity contribution is 0.401. The molecule has 1 unspecified atom stereocenters. The number of imidazole rings is 1. The molecule has 0 aliphatic carbocycles. The Bertz CT molecular complexity index is 514. The third-order valence-electron chi connectivity index (χ3n) is 3.63. The Hall–Kier alpha value is -1.61. The molecule has 0 amide bonds. The zero-order valence-electron chi connectivity index (χ0n) is 12.9. The van der Waals surface area contributed by atoms with Gasteiger partial charge >= 0.3 is 0 Å². The summed E-state index contributed by atoms with van der Waals surface area (Å²) in [7, 11) is 0. The fourth-order valence-corrected chi connectivity index (χ4v) is 2.55. The molecule has 108 valence electrons. The van der Waals surface area contributed by atoms with Crippen molar-refractivity contribution in [3.05, 3.63) is 54.1 Å². The summed E-state index contributed by atoms with van der Waals surface area (Å²) >= 11 is 0. The summed E-state index contributed by atoms with van der Waals surface area (Å²) in [5.74, 6) is 0.549. The van der Waals surface area contributed by atoms with Gasteiger partial charge in [-0.2, -0.15) is 0 Å². The van der Waals surface area contributed by atoms with Gasteiger partial charge in [0, 0.05) is 24.8 Å². The van der Waals surface area contributed by atoms with E-state index in [0.29, 0.717) is 18.0 Å². The second-order valence-electron chi connectivity index (χ2n) is 5.90. The third-order valence-corrected chi connectivity index (χ3v) is 3.63. The normalized spacial score (nSPS) is 13.1. The van der Waals surface area contributed by atoms with Crippen molar-refractivity contribution in [3.8, 4) is 0 Å². The Morgan fingerprint density at radius 2 is 1.80 bits per heavy atom. The second-order valence-corrected chi connectivity index (χ2v) is 5.90. The summed E-state index contributed by atoms with van der Waals surface area (Å²) in [5, 5.41) is 3.67. The molecule has 3 heteroatoms. The van der Waals surface area contributed by atoms with E-state index in [1.807, 2.05) is 12.5 Å². The lowest BCUT2D eigenvalue weighted by atomic mass is 9.96. The molecule has 2 aromatic rings. The predicted octanol–water partition coefficient (Wildman–Crippen LogP) is 3.95. The minimum absolute atomic E-state index is 0.367. The summed E-state index contributed by atoms with van der Waals surface area (Å²) in [6, 6.07) is 11.5. The van der Waals surface area contributed by atoms with Crippen LogP contribution < -0.4 is 5.32 Å². The van der Waals surface area contributed by atoms with E-state index in [4.69, 9.17) is 0 Å². The molecule has 1 N–H and O–H groups in total. The zero-order valence-corrected chi connectivity index (χ0v) is 12.9. The SMILES string of the molecule is CC(C)C(NCc1cncn1C(C)C)c1ccccc1. The molecule has 1 aromatic carbocycles. The molecular weight excluding hydrogens is 246 g/mol. The molecule has 3 nitrogen and oxygen atoms in total. The van der Waals surface area contributed by atoms with Crippen molar-refractivity contribution in [3.63, 3.8) is 0 Å². The summed E-state index contributed by atoms with van der Waals surface area (Å²) in [5.41, 5.74) is 2.58. The molecule has 0 spiro atoms. The second kappa shape index (κ2) is 6.71. The third kappa shape index (κ3) is 3.48. The van der Waals surface area contributed by atoms with Crippen LogP contribution in [0.5, 0.6) is 0 Å². The van der Waals surface area contributed by atoms with E-state index in [0.717, 1.165) is 6.54 Å². The zero-order chi connectivity index (χ0) is 14.5. The van der Waals surface area contributed by atoms with Crippen molar-refractivity contribution >= 4 is 0 Å². The van der Waals surface area contributed by atoms with E-state index in [1.54, 1.807) is 0 Å². The van der Waals surface area contributed by atoms with Gasteiger partial charge in [0.15, 0.2) is 0 Å². The maximum absolute atomic E-state index is 4.26. The van der Waals surface area contributed by atoms with Crippen molar-refractivity contribution < 1.29 is 0 Å². The van der Waals surface area contributed by atoms with Crippen LogP contribution in [0.4, 0.5) is 0 Å². The number of nitrogens with one attached hydrogen (secondary N) is 1. The van der Waals surface area contributed by atoms with Crippen LogP contribution in [0.25, 0.3) is 0 Å². The number of aromatic nitrogens is 2. The van der Waals surface area contributed by atoms with Crippen molar-refractivity contribution in [2.24, 2.45) is 5.92 Å². The van der Waals surface area contributed by atoms with E-state index in [-0.39, 0.29) is 0 Å². The van der Waals surface area contributed by atoms with Crippen LogP contribution in [-0.4, -0.2) is 9.55 Å². The Kier molecular flexibility index (Phi) is 4.96. The first kappa shape index (κ1) is 14.8. The van der Waals surface area contributed by atoms with Crippen molar-refractivity contribution in [1.29, 1.82) is 0 Å². The van der Waals surface area contributed by atoms with Gasteiger partial charge in [0.1, 0.15) is 0 Å². The minimum Gasteiger partial charge on any atom is -0.331 e. The van der Waals surface area contributed by atoms with Gasteiger partial charge in [-0.15, -0.1) is 0 Å². The standard InChI is InChI=1S/C17H25N3/c1-13(2)17(15-8-6-5-7-9-15)19-11-16-10-18-12-20(16)14(3)4/h5-10,12-14,17,19H,11H2,1-4H3. The quantitative estimate of drug-likeness (QED) is 0.862. The topological polar surface area (TPSA) is 29.9 Å². The summed E-state index contributed by atoms with van der Waals surface area (Å²) in [4.78, 5) is 4.26. The fourth-order valence-electron chi connectivity index (χ4n) is 2.55. The van der Waals surface area contributed by atoms with Crippen molar-refractivity contribution in [1.82, 2.24) is 14.9 Å². The molecule has 1 aromatic heterocycles. The van der Waals surface area contributed by atoms with Crippen LogP contribution >= 0.6 is 0 Å². The lowest BCUT2D eigenvalue weighted by Crippen LogP contribution is -2.26. The Labute approximate surface area is 122 Å². The van der Waals surface area contributed by atoms with E-state index >= 15 is 0 Å². The van der Waals surface area contributed by atoms with Crippen LogP contribution in [-0.2, 0) is 6.54 Å². The number of benzene rings is 1. The molecule has 2 rings (SSSR count). The molecule has 1 heterocycles. The first-order chi connectivity index (χ1) is 9.59. The molecule has 0 bridgehead atoms. The highest BCUT2D eigenvalue weighted by atomic mass is 15.1. The average molecular weight is 271 g/mol. The highest BCUT2D eigenvalue weighted by Crippen LogP contribution is 2.22. The maximum Gasteiger partial charge on any atom is 0.0951 e. The number of hydrogen-bond acceptors (Lipinski definition) is 2. The fraction of sp³-hybridized carbons (Fsp3) is 0.471. The van der Waals surface area contributed by atoms with Gasteiger partial charge in [-0.25, -0.2) is 4.98 Å². The predicted molar refractivity (Wildman–Crippen MR) is 83.5 cm³/mol. The van der Waals surface area contributed by atoms with Gasteiger partial charge < -0.3 is 9.88 Å². The van der Waals surface area contributed by atoms with Gasteiger partial charge in [0.2, 0.25) is 0 Å². The van der Waals surface area contributed by atoms with Crippen LogP contribution in [0.15, 0.2) is 42.9 Å². The van der Waals surface area contributed by atoms with Crippen LogP contribution in [0.3, 0.4) is 0 Å². The van der Waals surface area contributed by atoms with Gasteiger partial charge in [-0.05, 0) is 25.3 Å². The summed E-state index contributed by atoms with van der Waals surface area (Å²) in [6.07, 6.45) is 3.87. The van der Waals surface area contributed by atoms with Crippen molar-refractivity contribution in [2.45, 2.75) is 46.3 Å². The Balaban J connectivity index is 2.08. The monoisotopic (exact) mass is 271 g/mol. The van der Waals surface area contributed by atoms with Gasteiger partial charge in [-0.1, -0.05) is 44.2 Å². The highest BCUT2D eigenvalue weighted by Gasteiger charge is 2.16. The van der Waals surface area contributed by atoms with E-state index in [9.17, 15) is 0 Å². The first-order valence-corrected chi connectivity index (χ1v) is 7.38. The Morgan fingerprint density at radius 3 is 2.40 bits per heavy atom. The number of hydrogen-bond donors (Lipinski definition) is 1. The molecule has 0 radical (unpaired) electrons. The molecule has 0 saturated carbocycles. The molecule has 20 heavy (non-hydrogen) atoms. The molecule has 0 aliphatic rings. The van der Waals surface area contributed by atoms with E-state index in [1.165, 1.54) is 11.3 Å².